The Hall–Kier alpha value is -6.38. The zero-order chi connectivity index (χ0) is 41.8. The van der Waals surface area contributed by atoms with Crippen LogP contribution in [-0.2, 0) is 12.8 Å². The molecule has 0 aliphatic carbocycles. The van der Waals surface area contributed by atoms with Gasteiger partial charge in [-0.2, -0.15) is 0 Å². The van der Waals surface area contributed by atoms with Gasteiger partial charge in [0.25, 0.3) is 0 Å². The lowest BCUT2D eigenvalue weighted by atomic mass is 10.0. The molecule has 0 aromatic heterocycles. The molecule has 0 aliphatic rings. The number of rotatable bonds is 16. The van der Waals surface area contributed by atoms with Crippen LogP contribution in [0.1, 0.15) is 95.2 Å². The predicted octanol–water partition coefficient (Wildman–Crippen LogP) is 16.9. The molecule has 2 heteroatoms. The van der Waals surface area contributed by atoms with Gasteiger partial charge >= 0.3 is 0 Å². The van der Waals surface area contributed by atoms with Gasteiger partial charge in [-0.05, 0) is 176 Å². The van der Waals surface area contributed by atoms with Crippen molar-refractivity contribution in [2.75, 3.05) is 9.80 Å². The van der Waals surface area contributed by atoms with Crippen molar-refractivity contribution in [3.63, 3.8) is 0 Å². The molecule has 0 spiro atoms. The van der Waals surface area contributed by atoms with Crippen LogP contribution in [0, 0.1) is 27.7 Å². The van der Waals surface area contributed by atoms with Crippen LogP contribution in [0.4, 0.5) is 34.1 Å². The summed E-state index contributed by atoms with van der Waals surface area (Å²) in [5.74, 6) is 0. The van der Waals surface area contributed by atoms with Gasteiger partial charge < -0.3 is 9.80 Å². The first-order chi connectivity index (χ1) is 29.3. The molecule has 2 nitrogen and oxygen atoms in total. The Kier molecular flexibility index (Phi) is 14.0. The van der Waals surface area contributed by atoms with Crippen molar-refractivity contribution in [3.8, 4) is 0 Å². The Labute approximate surface area is 360 Å². The summed E-state index contributed by atoms with van der Waals surface area (Å²) in [7, 11) is 0. The number of unbranched alkanes of at least 4 members (excludes halogenated alkanes) is 2. The Balaban J connectivity index is 1.25. The van der Waals surface area contributed by atoms with Crippen molar-refractivity contribution < 1.29 is 0 Å². The summed E-state index contributed by atoms with van der Waals surface area (Å²) in [6, 6.07) is 58.4. The first-order valence-corrected chi connectivity index (χ1v) is 21.9. The van der Waals surface area contributed by atoms with Gasteiger partial charge in [-0.25, -0.2) is 0 Å². The number of nitrogens with zero attached hydrogens (tertiary/aromatic N) is 2. The molecule has 7 rings (SSSR count). The quantitative estimate of drug-likeness (QED) is 0.0901. The fourth-order valence-electron chi connectivity index (χ4n) is 7.64. The maximum atomic E-state index is 2.39. The molecular formula is C58H60N2. The van der Waals surface area contributed by atoms with Crippen molar-refractivity contribution in [2.24, 2.45) is 0 Å². The van der Waals surface area contributed by atoms with Crippen molar-refractivity contribution in [2.45, 2.75) is 80.1 Å². The van der Waals surface area contributed by atoms with Gasteiger partial charge in [-0.3, -0.25) is 0 Å². The molecule has 60 heavy (non-hydrogen) atoms. The molecule has 0 saturated heterocycles. The highest BCUT2D eigenvalue weighted by Gasteiger charge is 2.18. The topological polar surface area (TPSA) is 6.48 Å². The smallest absolute Gasteiger partial charge is 0.0482 e. The minimum Gasteiger partial charge on any atom is -0.310 e. The van der Waals surface area contributed by atoms with E-state index in [4.69, 9.17) is 0 Å². The first kappa shape index (κ1) is 41.8. The summed E-state index contributed by atoms with van der Waals surface area (Å²) in [5.41, 5.74) is 19.5. The number of hydrogen-bond acceptors (Lipinski definition) is 2. The summed E-state index contributed by atoms with van der Waals surface area (Å²) in [6.45, 7) is 13.2. The molecule has 0 saturated carbocycles. The summed E-state index contributed by atoms with van der Waals surface area (Å²) in [4.78, 5) is 4.77. The number of benzene rings is 7. The second kappa shape index (κ2) is 20.1. The molecule has 0 amide bonds. The Morgan fingerprint density at radius 3 is 1.02 bits per heavy atom. The summed E-state index contributed by atoms with van der Waals surface area (Å²) in [6.07, 6.45) is 15.8. The van der Waals surface area contributed by atoms with Crippen LogP contribution in [0.3, 0.4) is 0 Å². The van der Waals surface area contributed by atoms with Crippen molar-refractivity contribution in [3.05, 3.63) is 213 Å². The Morgan fingerprint density at radius 2 is 0.667 bits per heavy atom. The predicted molar refractivity (Wildman–Crippen MR) is 263 cm³/mol. The van der Waals surface area contributed by atoms with Crippen molar-refractivity contribution in [1.82, 2.24) is 0 Å². The fourth-order valence-corrected chi connectivity index (χ4v) is 7.64. The van der Waals surface area contributed by atoms with E-state index in [-0.39, 0.29) is 0 Å². The molecule has 0 unspecified atom stereocenters. The van der Waals surface area contributed by atoms with Crippen molar-refractivity contribution in [1.29, 1.82) is 0 Å². The molecule has 0 radical (unpaired) electrons. The van der Waals surface area contributed by atoms with E-state index >= 15 is 0 Å². The third-order valence-electron chi connectivity index (χ3n) is 11.7. The normalized spacial score (nSPS) is 11.4. The van der Waals surface area contributed by atoms with Gasteiger partial charge in [0.15, 0.2) is 0 Å². The third kappa shape index (κ3) is 10.6. The van der Waals surface area contributed by atoms with Crippen LogP contribution in [0.2, 0.25) is 0 Å². The molecule has 7 aromatic carbocycles. The lowest BCUT2D eigenvalue weighted by Crippen LogP contribution is -2.13. The Morgan fingerprint density at radius 1 is 0.333 bits per heavy atom. The van der Waals surface area contributed by atoms with Crippen LogP contribution in [0.15, 0.2) is 158 Å². The third-order valence-corrected chi connectivity index (χ3v) is 11.7. The molecule has 0 atom stereocenters. The average Bonchev–Trinajstić information content (AvgIpc) is 3.28. The monoisotopic (exact) mass is 784 g/mol. The minimum absolute atomic E-state index is 1.10. The molecule has 302 valence electrons. The van der Waals surface area contributed by atoms with Crippen LogP contribution >= 0.6 is 0 Å². The number of aryl methyl sites for hydroxylation is 6. The van der Waals surface area contributed by atoms with E-state index in [1.54, 1.807) is 0 Å². The molecule has 0 bridgehead atoms. The minimum atomic E-state index is 1.10. The largest absolute Gasteiger partial charge is 0.310 e. The van der Waals surface area contributed by atoms with E-state index in [1.807, 2.05) is 0 Å². The molecule has 0 N–H and O–H groups in total. The zero-order valence-corrected chi connectivity index (χ0v) is 36.5. The van der Waals surface area contributed by atoms with Gasteiger partial charge in [-0.1, -0.05) is 142 Å². The van der Waals surface area contributed by atoms with Crippen molar-refractivity contribution >= 4 is 58.4 Å². The molecule has 0 aliphatic heterocycles. The fraction of sp³-hybridized carbons (Fsp3) is 0.207. The van der Waals surface area contributed by atoms with Gasteiger partial charge in [0.2, 0.25) is 0 Å². The molecule has 0 heterocycles. The zero-order valence-electron chi connectivity index (χ0n) is 36.5. The maximum Gasteiger partial charge on any atom is 0.0482 e. The highest BCUT2D eigenvalue weighted by Crippen LogP contribution is 2.41. The average molecular weight is 785 g/mol. The second-order valence-corrected chi connectivity index (χ2v) is 16.3. The summed E-state index contributed by atoms with van der Waals surface area (Å²) in [5, 5.41) is 0. The lowest BCUT2D eigenvalue weighted by Gasteiger charge is -2.29. The van der Waals surface area contributed by atoms with Gasteiger partial charge in [0, 0.05) is 34.1 Å². The van der Waals surface area contributed by atoms with Gasteiger partial charge in [0.05, 0.1) is 0 Å². The van der Waals surface area contributed by atoms with E-state index < -0.39 is 0 Å². The maximum absolute atomic E-state index is 2.39. The highest BCUT2D eigenvalue weighted by molar-refractivity contribution is 5.84. The van der Waals surface area contributed by atoms with Gasteiger partial charge in [0.1, 0.15) is 0 Å². The number of hydrogen-bond donors (Lipinski definition) is 0. The van der Waals surface area contributed by atoms with Crippen LogP contribution in [0.25, 0.3) is 24.3 Å². The molecule has 7 aromatic rings. The standard InChI is InChI=1S/C58H60N2/c1-7-9-12-47-24-32-53(33-25-47)59(55-36-28-49(29-37-55)20-22-51-18-16-43(3)45(5)40-51)57-14-11-15-58(42-57)60(54-34-26-48(27-35-54)13-10-8-2)56-38-30-50(31-39-56)21-23-52-19-17-44(4)46(6)41-52/h11,14-42H,7-10,12-13H2,1-6H3. The lowest BCUT2D eigenvalue weighted by molar-refractivity contribution is 0.795. The van der Waals surface area contributed by atoms with E-state index in [1.165, 1.54) is 81.3 Å². The summed E-state index contributed by atoms with van der Waals surface area (Å²) < 4.78 is 0. The van der Waals surface area contributed by atoms with E-state index in [0.29, 0.717) is 0 Å². The molecule has 0 fully saturated rings. The van der Waals surface area contributed by atoms with Crippen LogP contribution < -0.4 is 9.80 Å². The van der Waals surface area contributed by atoms with Crippen LogP contribution in [0.5, 0.6) is 0 Å². The first-order valence-electron chi connectivity index (χ1n) is 21.9. The van der Waals surface area contributed by atoms with E-state index in [2.05, 4.69) is 233 Å². The highest BCUT2D eigenvalue weighted by atomic mass is 15.2. The van der Waals surface area contributed by atoms with E-state index in [0.717, 1.165) is 47.0 Å². The second-order valence-electron chi connectivity index (χ2n) is 16.3. The summed E-state index contributed by atoms with van der Waals surface area (Å²) >= 11 is 0. The van der Waals surface area contributed by atoms with E-state index in [9.17, 15) is 0 Å². The SMILES string of the molecule is CCCCc1ccc(N(c2ccc(C=Cc3ccc(C)c(C)c3)cc2)c2cccc(N(c3ccc(C=Cc4ccc(C)c(C)c4)cc3)c3ccc(CCCC)cc3)c2)cc1. The number of anilines is 6. The van der Waals surface area contributed by atoms with Gasteiger partial charge in [-0.15, -0.1) is 0 Å². The van der Waals surface area contributed by atoms with Crippen LogP contribution in [-0.4, -0.2) is 0 Å². The molecular weight excluding hydrogens is 725 g/mol. The Bertz CT molecular complexity index is 2350.